The molecular formula is C64H50N2. The van der Waals surface area contributed by atoms with E-state index in [-0.39, 0.29) is 5.41 Å². The summed E-state index contributed by atoms with van der Waals surface area (Å²) in [5.41, 5.74) is 24.4. The summed E-state index contributed by atoms with van der Waals surface area (Å²) in [4.78, 5) is 0. The quantitative estimate of drug-likeness (QED) is 0.176. The van der Waals surface area contributed by atoms with Gasteiger partial charge in [-0.2, -0.15) is 0 Å². The van der Waals surface area contributed by atoms with Gasteiger partial charge in [-0.05, 0) is 140 Å². The molecule has 66 heavy (non-hydrogen) atoms. The lowest BCUT2D eigenvalue weighted by atomic mass is 9.69. The maximum absolute atomic E-state index is 3.89. The molecule has 0 fully saturated rings. The van der Waals surface area contributed by atoms with E-state index in [1.807, 2.05) is 0 Å². The SMILES string of the molecule is CC1CC=CC2=C1c1cc3c(cc1-n1c4c(c5ccccc51)CC(C)(c1ccc(-c5cccc(-c6ccccc6Nc6cc7ccccc7cc6-c6ccccc6)c5)cc1)C=C24)C=CCC3. The number of aromatic nitrogens is 1. The fourth-order valence-electron chi connectivity index (χ4n) is 11.7. The van der Waals surface area contributed by atoms with Crippen LogP contribution in [0.15, 0.2) is 206 Å². The molecule has 4 aliphatic rings. The zero-order valence-electron chi connectivity index (χ0n) is 37.5. The van der Waals surface area contributed by atoms with Gasteiger partial charge in [-0.3, -0.25) is 0 Å². The van der Waals surface area contributed by atoms with E-state index in [2.05, 4.69) is 230 Å². The van der Waals surface area contributed by atoms with Gasteiger partial charge in [0, 0.05) is 44.4 Å². The fourth-order valence-corrected chi connectivity index (χ4v) is 11.7. The molecule has 1 N–H and O–H groups in total. The smallest absolute Gasteiger partial charge is 0.0576 e. The van der Waals surface area contributed by atoms with E-state index in [9.17, 15) is 0 Å². The topological polar surface area (TPSA) is 17.0 Å². The molecule has 316 valence electrons. The van der Waals surface area contributed by atoms with Crippen molar-refractivity contribution in [1.29, 1.82) is 0 Å². The molecule has 2 heterocycles. The average Bonchev–Trinajstić information content (AvgIpc) is 3.63. The number of hydrogen-bond donors (Lipinski definition) is 1. The fraction of sp³-hybridized carbons (Fsp3) is 0.125. The Kier molecular flexibility index (Phi) is 8.93. The van der Waals surface area contributed by atoms with Gasteiger partial charge < -0.3 is 9.88 Å². The summed E-state index contributed by atoms with van der Waals surface area (Å²) >= 11 is 0. The minimum Gasteiger partial charge on any atom is -0.354 e. The van der Waals surface area contributed by atoms with Crippen LogP contribution in [0.25, 0.3) is 78.0 Å². The molecule has 2 nitrogen and oxygen atoms in total. The Morgan fingerprint density at radius 1 is 0.591 bits per heavy atom. The van der Waals surface area contributed by atoms with Crippen molar-refractivity contribution in [3.63, 3.8) is 0 Å². The lowest BCUT2D eigenvalue weighted by Crippen LogP contribution is -2.27. The van der Waals surface area contributed by atoms with E-state index in [0.717, 1.165) is 37.1 Å². The van der Waals surface area contributed by atoms with Crippen LogP contribution in [0, 0.1) is 5.92 Å². The van der Waals surface area contributed by atoms with E-state index in [1.165, 1.54) is 111 Å². The second-order valence-corrected chi connectivity index (χ2v) is 19.1. The van der Waals surface area contributed by atoms with Gasteiger partial charge in [0.05, 0.1) is 16.9 Å². The lowest BCUT2D eigenvalue weighted by molar-refractivity contribution is 0.585. The highest BCUT2D eigenvalue weighted by Gasteiger charge is 2.40. The van der Waals surface area contributed by atoms with Gasteiger partial charge in [0.1, 0.15) is 0 Å². The Labute approximate surface area is 387 Å². The zero-order chi connectivity index (χ0) is 43.9. The van der Waals surface area contributed by atoms with E-state index in [0.29, 0.717) is 5.92 Å². The Balaban J connectivity index is 0.880. The van der Waals surface area contributed by atoms with Crippen LogP contribution in [0.4, 0.5) is 11.4 Å². The van der Waals surface area contributed by atoms with Crippen LogP contribution in [0.5, 0.6) is 0 Å². The highest BCUT2D eigenvalue weighted by Crippen LogP contribution is 2.53. The maximum atomic E-state index is 3.89. The Morgan fingerprint density at radius 2 is 1.35 bits per heavy atom. The average molecular weight is 847 g/mol. The van der Waals surface area contributed by atoms with Crippen LogP contribution in [0.1, 0.15) is 60.2 Å². The third kappa shape index (κ3) is 6.23. The Bertz CT molecular complexity index is 3570. The molecule has 0 saturated heterocycles. The first-order valence-electron chi connectivity index (χ1n) is 23.7. The van der Waals surface area contributed by atoms with E-state index >= 15 is 0 Å². The van der Waals surface area contributed by atoms with Gasteiger partial charge in [0.15, 0.2) is 0 Å². The summed E-state index contributed by atoms with van der Waals surface area (Å²) in [7, 11) is 0. The monoisotopic (exact) mass is 846 g/mol. The molecule has 0 radical (unpaired) electrons. The summed E-state index contributed by atoms with van der Waals surface area (Å²) in [5, 5.41) is 7.70. The van der Waals surface area contributed by atoms with Crippen molar-refractivity contribution in [2.24, 2.45) is 5.92 Å². The van der Waals surface area contributed by atoms with Crippen LogP contribution in [-0.4, -0.2) is 4.57 Å². The number of benzene rings is 8. The first-order chi connectivity index (χ1) is 32.5. The predicted octanol–water partition coefficient (Wildman–Crippen LogP) is 16.7. The lowest BCUT2D eigenvalue weighted by Gasteiger charge is -2.34. The molecule has 0 spiro atoms. The number of aryl methyl sites for hydroxylation is 1. The highest BCUT2D eigenvalue weighted by molar-refractivity contribution is 6.05. The molecule has 9 aromatic rings. The first kappa shape index (κ1) is 38.8. The van der Waals surface area contributed by atoms with Crippen molar-refractivity contribution in [2.75, 3.05) is 5.32 Å². The normalized spacial score (nSPS) is 18.0. The molecule has 8 aromatic carbocycles. The second-order valence-electron chi connectivity index (χ2n) is 19.1. The number of rotatable bonds is 6. The molecule has 0 bridgehead atoms. The summed E-state index contributed by atoms with van der Waals surface area (Å²) in [6.07, 6.45) is 16.4. The molecule has 1 aliphatic heterocycles. The number of allylic oxidation sites excluding steroid dienone is 7. The molecule has 0 amide bonds. The van der Waals surface area contributed by atoms with Gasteiger partial charge in [0.2, 0.25) is 0 Å². The first-order valence-corrected chi connectivity index (χ1v) is 23.7. The summed E-state index contributed by atoms with van der Waals surface area (Å²) in [5.74, 6) is 0.428. The van der Waals surface area contributed by atoms with Crippen LogP contribution in [0.3, 0.4) is 0 Å². The number of fused-ring (bicyclic) bond motifs is 9. The molecule has 13 rings (SSSR count). The van der Waals surface area contributed by atoms with E-state index in [1.54, 1.807) is 0 Å². The van der Waals surface area contributed by atoms with Crippen LogP contribution in [-0.2, 0) is 18.3 Å². The van der Waals surface area contributed by atoms with E-state index < -0.39 is 0 Å². The van der Waals surface area contributed by atoms with Gasteiger partial charge in [-0.15, -0.1) is 0 Å². The molecule has 2 unspecified atom stereocenters. The summed E-state index contributed by atoms with van der Waals surface area (Å²) in [6, 6.07) is 65.3. The third-order valence-corrected chi connectivity index (χ3v) is 15.0. The largest absolute Gasteiger partial charge is 0.354 e. The molecular weight excluding hydrogens is 797 g/mol. The molecule has 3 aliphatic carbocycles. The zero-order valence-corrected chi connectivity index (χ0v) is 37.5. The number of nitrogens with zero attached hydrogens (tertiary/aromatic N) is 1. The van der Waals surface area contributed by atoms with Gasteiger partial charge in [0.25, 0.3) is 0 Å². The van der Waals surface area contributed by atoms with Crippen LogP contribution >= 0.6 is 0 Å². The van der Waals surface area contributed by atoms with Crippen molar-refractivity contribution < 1.29 is 0 Å². The Morgan fingerprint density at radius 3 is 2.23 bits per heavy atom. The van der Waals surface area contributed by atoms with Gasteiger partial charge in [-0.1, -0.05) is 178 Å². The molecule has 1 aromatic heterocycles. The summed E-state index contributed by atoms with van der Waals surface area (Å²) in [6.45, 7) is 4.89. The summed E-state index contributed by atoms with van der Waals surface area (Å²) < 4.78 is 2.63. The standard InChI is InChI=1S/C64H50N2/c1-41-16-14-27-53-57-40-64(2,39-56-52-26-11-13-29-60(52)66(63(56)57)61-38-48-22-9-7-20-46(48)36-55(61)62(41)53)50-32-30-42(31-33-50)44-23-15-24-49(34-44)51-25-10-12-28-58(51)65-59-37-47-21-8-6-19-45(47)35-54(59)43-17-4-3-5-18-43/h3-6,8-15,17-19,21-38,40-41,65H,7,16,20,39H2,1-2H3. The highest BCUT2D eigenvalue weighted by atomic mass is 15.0. The number of hydrogen-bond acceptors (Lipinski definition) is 1. The van der Waals surface area contributed by atoms with Crippen molar-refractivity contribution in [3.05, 3.63) is 239 Å². The predicted molar refractivity (Wildman–Crippen MR) is 279 cm³/mol. The van der Waals surface area contributed by atoms with Crippen molar-refractivity contribution >= 4 is 50.3 Å². The maximum Gasteiger partial charge on any atom is 0.0576 e. The Hall–Kier alpha value is -7.68. The van der Waals surface area contributed by atoms with Crippen molar-refractivity contribution in [2.45, 2.75) is 44.9 Å². The minimum atomic E-state index is -0.214. The number of nitrogens with one attached hydrogen (secondary N) is 1. The van der Waals surface area contributed by atoms with Gasteiger partial charge >= 0.3 is 0 Å². The third-order valence-electron chi connectivity index (χ3n) is 15.0. The van der Waals surface area contributed by atoms with Crippen molar-refractivity contribution in [3.8, 4) is 39.1 Å². The minimum absolute atomic E-state index is 0.214. The van der Waals surface area contributed by atoms with Crippen LogP contribution in [0.2, 0.25) is 0 Å². The van der Waals surface area contributed by atoms with Gasteiger partial charge in [-0.25, -0.2) is 0 Å². The van der Waals surface area contributed by atoms with Crippen LogP contribution < -0.4 is 5.32 Å². The van der Waals surface area contributed by atoms with Crippen molar-refractivity contribution in [1.82, 2.24) is 4.57 Å². The molecule has 0 saturated carbocycles. The molecule has 2 heteroatoms. The second kappa shape index (κ2) is 15.2. The number of para-hydroxylation sites is 2. The molecule has 2 atom stereocenters. The number of anilines is 2. The van der Waals surface area contributed by atoms with E-state index in [4.69, 9.17) is 0 Å².